The molecule has 10 nitrogen and oxygen atoms in total. The van der Waals surface area contributed by atoms with Crippen LogP contribution < -0.4 is 19.9 Å². The van der Waals surface area contributed by atoms with Crippen molar-refractivity contribution in [2.24, 2.45) is 7.05 Å². The molecule has 0 saturated heterocycles. The number of ether oxygens (including phenoxy) is 2. The van der Waals surface area contributed by atoms with Gasteiger partial charge in [-0.05, 0) is 37.6 Å². The number of hydrogen-bond donors (Lipinski definition) is 0. The number of amides is 1. The van der Waals surface area contributed by atoms with Gasteiger partial charge in [-0.25, -0.2) is 9.97 Å². The van der Waals surface area contributed by atoms with E-state index in [2.05, 4.69) is 9.97 Å². The summed E-state index contributed by atoms with van der Waals surface area (Å²) in [6, 6.07) is 7.94. The zero-order chi connectivity index (χ0) is 27.3. The molecule has 1 aliphatic rings. The second kappa shape index (κ2) is 9.77. The Kier molecular flexibility index (Phi) is 6.62. The van der Waals surface area contributed by atoms with Crippen LogP contribution in [0.25, 0.3) is 11.4 Å². The molecule has 1 amide bonds. The van der Waals surface area contributed by atoms with Gasteiger partial charge in [-0.15, -0.1) is 0 Å². The van der Waals surface area contributed by atoms with E-state index in [9.17, 15) is 9.59 Å². The number of aromatic nitrogens is 5. The standard InChI is InChI=1S/C26H24Cl2N6O4/c1-13(2)33-21-19(30-22(33)17-11-29-26(38-5)31-23(17)37-4)25(36)34(18-10-16(28)12-32(3)24(18)35)20(21)14-6-8-15(27)9-7-14/h6-13,20H,1-5H3. The highest BCUT2D eigenvalue weighted by atomic mass is 35.5. The van der Waals surface area contributed by atoms with Gasteiger partial charge in [-0.1, -0.05) is 35.3 Å². The van der Waals surface area contributed by atoms with Gasteiger partial charge < -0.3 is 18.6 Å². The molecule has 1 aliphatic heterocycles. The monoisotopic (exact) mass is 554 g/mol. The van der Waals surface area contributed by atoms with Crippen LogP contribution in [0.2, 0.25) is 10.0 Å². The summed E-state index contributed by atoms with van der Waals surface area (Å²) >= 11 is 12.5. The van der Waals surface area contributed by atoms with Gasteiger partial charge in [-0.2, -0.15) is 4.98 Å². The van der Waals surface area contributed by atoms with Crippen molar-refractivity contribution in [3.05, 3.63) is 80.1 Å². The molecule has 0 saturated carbocycles. The number of hydrogen-bond acceptors (Lipinski definition) is 7. The number of aryl methyl sites for hydroxylation is 1. The number of methoxy groups -OCH3 is 2. The van der Waals surface area contributed by atoms with Gasteiger partial charge in [0.2, 0.25) is 5.88 Å². The summed E-state index contributed by atoms with van der Waals surface area (Å²) in [5.41, 5.74) is 1.83. The number of carbonyl (C=O) groups is 1. The Morgan fingerprint density at radius 1 is 1.00 bits per heavy atom. The summed E-state index contributed by atoms with van der Waals surface area (Å²) in [4.78, 5) is 42.0. The minimum absolute atomic E-state index is 0.138. The predicted molar refractivity (Wildman–Crippen MR) is 144 cm³/mol. The zero-order valence-corrected chi connectivity index (χ0v) is 22.8. The van der Waals surface area contributed by atoms with Gasteiger partial charge in [0, 0.05) is 30.5 Å². The summed E-state index contributed by atoms with van der Waals surface area (Å²) in [5, 5.41) is 0.864. The number of halogens is 2. The Morgan fingerprint density at radius 2 is 1.71 bits per heavy atom. The Bertz CT molecular complexity index is 1610. The zero-order valence-electron chi connectivity index (χ0n) is 21.3. The summed E-state index contributed by atoms with van der Waals surface area (Å²) < 4.78 is 13.9. The molecule has 0 aliphatic carbocycles. The number of rotatable bonds is 6. The van der Waals surface area contributed by atoms with Gasteiger partial charge >= 0.3 is 6.01 Å². The van der Waals surface area contributed by atoms with Gasteiger partial charge in [0.25, 0.3) is 11.5 Å². The third-order valence-corrected chi connectivity index (χ3v) is 6.79. The molecule has 0 radical (unpaired) electrons. The highest BCUT2D eigenvalue weighted by Gasteiger charge is 2.46. The lowest BCUT2D eigenvalue weighted by molar-refractivity contribution is 0.0989. The molecule has 0 N–H and O–H groups in total. The lowest BCUT2D eigenvalue weighted by Crippen LogP contribution is -2.36. The maximum absolute atomic E-state index is 14.0. The molecule has 4 heterocycles. The van der Waals surface area contributed by atoms with Gasteiger partial charge in [0.05, 0.1) is 30.5 Å². The smallest absolute Gasteiger partial charge is 0.319 e. The summed E-state index contributed by atoms with van der Waals surface area (Å²) in [7, 11) is 4.53. The van der Waals surface area contributed by atoms with Crippen molar-refractivity contribution in [2.45, 2.75) is 25.9 Å². The quantitative estimate of drug-likeness (QED) is 0.340. The van der Waals surface area contributed by atoms with E-state index in [1.807, 2.05) is 30.5 Å². The van der Waals surface area contributed by atoms with Crippen LogP contribution >= 0.6 is 23.2 Å². The molecule has 12 heteroatoms. The molecule has 0 spiro atoms. The fourth-order valence-corrected chi connectivity index (χ4v) is 5.09. The van der Waals surface area contributed by atoms with Crippen LogP contribution in [0, 0.1) is 0 Å². The SMILES string of the molecule is COc1ncc(-c2nc3c(n2C(C)C)C(c2ccc(Cl)cc2)N(c2cc(Cl)cn(C)c2=O)C3=O)c(OC)n1. The van der Waals surface area contributed by atoms with E-state index in [0.29, 0.717) is 27.1 Å². The Morgan fingerprint density at radius 3 is 2.34 bits per heavy atom. The normalized spacial score (nSPS) is 14.8. The minimum atomic E-state index is -0.685. The summed E-state index contributed by atoms with van der Waals surface area (Å²) in [5.74, 6) is 0.266. The molecule has 1 atom stereocenters. The molecule has 0 bridgehead atoms. The molecule has 5 rings (SSSR count). The molecule has 3 aromatic heterocycles. The predicted octanol–water partition coefficient (Wildman–Crippen LogP) is 4.69. The second-order valence-electron chi connectivity index (χ2n) is 9.00. The van der Waals surface area contributed by atoms with Crippen molar-refractivity contribution in [1.82, 2.24) is 24.1 Å². The summed E-state index contributed by atoms with van der Waals surface area (Å²) in [6.07, 6.45) is 3.05. The van der Waals surface area contributed by atoms with Crippen LogP contribution in [0.5, 0.6) is 11.9 Å². The van der Waals surface area contributed by atoms with Crippen molar-refractivity contribution in [1.29, 1.82) is 0 Å². The van der Waals surface area contributed by atoms with Gasteiger partial charge in [0.15, 0.2) is 5.69 Å². The average molecular weight is 555 g/mol. The van der Waals surface area contributed by atoms with Crippen LogP contribution in [-0.4, -0.2) is 44.2 Å². The first-order valence-corrected chi connectivity index (χ1v) is 12.4. The Hall–Kier alpha value is -3.89. The van der Waals surface area contributed by atoms with E-state index in [1.54, 1.807) is 25.4 Å². The Balaban J connectivity index is 1.81. The fraction of sp³-hybridized carbons (Fsp3) is 0.269. The molecule has 0 fully saturated rings. The first kappa shape index (κ1) is 25.7. The van der Waals surface area contributed by atoms with Crippen LogP contribution in [-0.2, 0) is 7.05 Å². The van der Waals surface area contributed by atoms with Crippen LogP contribution in [0.3, 0.4) is 0 Å². The van der Waals surface area contributed by atoms with E-state index in [1.165, 1.54) is 35.9 Å². The molecule has 1 unspecified atom stereocenters. The lowest BCUT2D eigenvalue weighted by Gasteiger charge is -2.28. The Labute approximate surface area is 228 Å². The van der Waals surface area contributed by atoms with Crippen molar-refractivity contribution in [3.63, 3.8) is 0 Å². The van der Waals surface area contributed by atoms with Crippen molar-refractivity contribution < 1.29 is 14.3 Å². The number of nitrogens with zero attached hydrogens (tertiary/aromatic N) is 6. The fourth-order valence-electron chi connectivity index (χ4n) is 4.72. The molecule has 196 valence electrons. The van der Waals surface area contributed by atoms with Crippen molar-refractivity contribution in [2.75, 3.05) is 19.1 Å². The van der Waals surface area contributed by atoms with E-state index in [-0.39, 0.29) is 34.9 Å². The van der Waals surface area contributed by atoms with Crippen LogP contribution in [0.4, 0.5) is 5.69 Å². The number of carbonyl (C=O) groups excluding carboxylic acids is 1. The second-order valence-corrected chi connectivity index (χ2v) is 9.87. The van der Waals surface area contributed by atoms with Gasteiger partial charge in [-0.3, -0.25) is 14.5 Å². The topological polar surface area (TPSA) is 104 Å². The number of imidazole rings is 1. The largest absolute Gasteiger partial charge is 0.480 e. The van der Waals surface area contributed by atoms with E-state index in [0.717, 1.165) is 5.56 Å². The first-order chi connectivity index (χ1) is 18.2. The number of fused-ring (bicyclic) bond motifs is 1. The highest BCUT2D eigenvalue weighted by molar-refractivity contribution is 6.31. The molecular formula is C26H24Cl2N6O4. The number of benzene rings is 1. The van der Waals surface area contributed by atoms with E-state index >= 15 is 0 Å². The average Bonchev–Trinajstić information content (AvgIpc) is 3.41. The van der Waals surface area contributed by atoms with Crippen LogP contribution in [0.1, 0.15) is 47.7 Å². The summed E-state index contributed by atoms with van der Waals surface area (Å²) in [6.45, 7) is 3.96. The minimum Gasteiger partial charge on any atom is -0.480 e. The lowest BCUT2D eigenvalue weighted by atomic mass is 10.0. The third kappa shape index (κ3) is 4.10. The van der Waals surface area contributed by atoms with Crippen LogP contribution in [0.15, 0.2) is 47.5 Å². The first-order valence-electron chi connectivity index (χ1n) is 11.7. The highest BCUT2D eigenvalue weighted by Crippen LogP contribution is 2.45. The molecule has 1 aromatic carbocycles. The van der Waals surface area contributed by atoms with E-state index in [4.69, 9.17) is 37.7 Å². The van der Waals surface area contributed by atoms with E-state index < -0.39 is 11.9 Å². The number of anilines is 1. The van der Waals surface area contributed by atoms with Crippen molar-refractivity contribution in [3.8, 4) is 23.3 Å². The molecule has 4 aromatic rings. The maximum Gasteiger partial charge on any atom is 0.319 e. The molecule has 38 heavy (non-hydrogen) atoms. The van der Waals surface area contributed by atoms with Gasteiger partial charge in [0.1, 0.15) is 17.6 Å². The number of pyridine rings is 1. The maximum atomic E-state index is 14.0. The van der Waals surface area contributed by atoms with Crippen molar-refractivity contribution >= 4 is 34.8 Å². The third-order valence-electron chi connectivity index (χ3n) is 6.33. The molecular weight excluding hydrogens is 531 g/mol.